The number of nitrogens with zero attached hydrogens (tertiary/aromatic N) is 2. The van der Waals surface area contributed by atoms with Crippen LogP contribution >= 0.6 is 0 Å². The van der Waals surface area contributed by atoms with E-state index < -0.39 is 0 Å². The van der Waals surface area contributed by atoms with Gasteiger partial charge in [-0.2, -0.15) is 0 Å². The van der Waals surface area contributed by atoms with Crippen molar-refractivity contribution in [3.05, 3.63) is 35.7 Å². The van der Waals surface area contributed by atoms with Crippen LogP contribution in [0.1, 0.15) is 24.8 Å². The summed E-state index contributed by atoms with van der Waals surface area (Å²) >= 11 is 0. The zero-order valence-corrected chi connectivity index (χ0v) is 10.9. The maximum Gasteiger partial charge on any atom is 0.247 e. The van der Waals surface area contributed by atoms with Crippen LogP contribution in [0.25, 0.3) is 11.5 Å². The monoisotopic (exact) mass is 245 g/mol. The van der Waals surface area contributed by atoms with E-state index in [-0.39, 0.29) is 0 Å². The predicted molar refractivity (Wildman–Crippen MR) is 71.3 cm³/mol. The summed E-state index contributed by atoms with van der Waals surface area (Å²) in [5.74, 6) is 1.32. The third kappa shape index (κ3) is 3.40. The van der Waals surface area contributed by atoms with E-state index in [4.69, 9.17) is 4.42 Å². The van der Waals surface area contributed by atoms with E-state index >= 15 is 0 Å². The molecule has 0 saturated carbocycles. The number of nitrogens with one attached hydrogen (secondary N) is 1. The number of aryl methyl sites for hydroxylation is 2. The number of benzene rings is 1. The van der Waals surface area contributed by atoms with Crippen molar-refractivity contribution >= 4 is 0 Å². The molecule has 0 fully saturated rings. The molecule has 0 atom stereocenters. The van der Waals surface area contributed by atoms with Crippen molar-refractivity contribution in [2.45, 2.75) is 26.7 Å². The molecule has 0 bridgehead atoms. The summed E-state index contributed by atoms with van der Waals surface area (Å²) in [7, 11) is 0. The Labute approximate surface area is 107 Å². The average Bonchev–Trinajstić information content (AvgIpc) is 2.83. The summed E-state index contributed by atoms with van der Waals surface area (Å²) in [5, 5.41) is 11.4. The molecule has 4 heteroatoms. The van der Waals surface area contributed by atoms with Gasteiger partial charge in [0.05, 0.1) is 0 Å². The lowest BCUT2D eigenvalue weighted by molar-refractivity contribution is 0.492. The molecular weight excluding hydrogens is 226 g/mol. The molecule has 0 radical (unpaired) electrons. The van der Waals surface area contributed by atoms with Crippen molar-refractivity contribution in [3.8, 4) is 11.5 Å². The summed E-state index contributed by atoms with van der Waals surface area (Å²) in [6, 6.07) is 8.09. The Kier molecular flexibility index (Phi) is 4.47. The SMILES string of the molecule is CCNCCCc1nnc(-c2cccc(C)c2)o1. The molecule has 1 aromatic carbocycles. The number of hydrogen-bond donors (Lipinski definition) is 1. The van der Waals surface area contributed by atoms with Crippen LogP contribution < -0.4 is 5.32 Å². The minimum atomic E-state index is 0.608. The highest BCUT2D eigenvalue weighted by Crippen LogP contribution is 2.19. The first-order valence-electron chi connectivity index (χ1n) is 6.39. The molecule has 0 aliphatic heterocycles. The zero-order chi connectivity index (χ0) is 12.8. The Morgan fingerprint density at radius 2 is 2.17 bits per heavy atom. The third-order valence-corrected chi connectivity index (χ3v) is 2.73. The fourth-order valence-corrected chi connectivity index (χ4v) is 1.79. The molecule has 0 amide bonds. The summed E-state index contributed by atoms with van der Waals surface area (Å²) in [6.07, 6.45) is 1.84. The van der Waals surface area contributed by atoms with Crippen LogP contribution in [0.3, 0.4) is 0 Å². The highest BCUT2D eigenvalue weighted by atomic mass is 16.4. The molecular formula is C14H19N3O. The molecule has 4 nitrogen and oxygen atoms in total. The van der Waals surface area contributed by atoms with E-state index in [2.05, 4.69) is 41.5 Å². The number of hydrogen-bond acceptors (Lipinski definition) is 4. The van der Waals surface area contributed by atoms with E-state index in [0.29, 0.717) is 11.8 Å². The Hall–Kier alpha value is -1.68. The van der Waals surface area contributed by atoms with Crippen LogP contribution in [0.15, 0.2) is 28.7 Å². The molecule has 1 N–H and O–H groups in total. The van der Waals surface area contributed by atoms with Crippen molar-refractivity contribution in [1.29, 1.82) is 0 Å². The highest BCUT2D eigenvalue weighted by Gasteiger charge is 2.07. The lowest BCUT2D eigenvalue weighted by Crippen LogP contribution is -2.14. The van der Waals surface area contributed by atoms with E-state index in [1.165, 1.54) is 5.56 Å². The lowest BCUT2D eigenvalue weighted by atomic mass is 10.1. The largest absolute Gasteiger partial charge is 0.421 e. The van der Waals surface area contributed by atoms with Crippen molar-refractivity contribution in [3.63, 3.8) is 0 Å². The van der Waals surface area contributed by atoms with E-state index in [1.54, 1.807) is 0 Å². The molecule has 2 aromatic rings. The minimum absolute atomic E-state index is 0.608. The van der Waals surface area contributed by atoms with E-state index in [1.807, 2.05) is 12.1 Å². The molecule has 2 rings (SSSR count). The van der Waals surface area contributed by atoms with Crippen LogP contribution in [-0.2, 0) is 6.42 Å². The van der Waals surface area contributed by atoms with Crippen LogP contribution in [0.4, 0.5) is 0 Å². The first-order chi connectivity index (χ1) is 8.79. The summed E-state index contributed by atoms with van der Waals surface area (Å²) < 4.78 is 5.65. The molecule has 0 saturated heterocycles. The van der Waals surface area contributed by atoms with Crippen molar-refractivity contribution in [2.24, 2.45) is 0 Å². The molecule has 96 valence electrons. The second kappa shape index (κ2) is 6.31. The predicted octanol–water partition coefficient (Wildman–Crippen LogP) is 2.59. The van der Waals surface area contributed by atoms with Crippen molar-refractivity contribution in [1.82, 2.24) is 15.5 Å². The smallest absolute Gasteiger partial charge is 0.247 e. The normalized spacial score (nSPS) is 10.8. The van der Waals surface area contributed by atoms with Crippen molar-refractivity contribution in [2.75, 3.05) is 13.1 Å². The minimum Gasteiger partial charge on any atom is -0.421 e. The van der Waals surface area contributed by atoms with Gasteiger partial charge in [-0.1, -0.05) is 24.6 Å². The fourth-order valence-electron chi connectivity index (χ4n) is 1.79. The Bertz CT molecular complexity index is 493. The van der Waals surface area contributed by atoms with Crippen LogP contribution in [0.2, 0.25) is 0 Å². The quantitative estimate of drug-likeness (QED) is 0.795. The summed E-state index contributed by atoms with van der Waals surface area (Å²) in [4.78, 5) is 0. The van der Waals surface area contributed by atoms with Gasteiger partial charge in [-0.25, -0.2) is 0 Å². The molecule has 1 aromatic heterocycles. The van der Waals surface area contributed by atoms with Crippen molar-refractivity contribution < 1.29 is 4.42 Å². The topological polar surface area (TPSA) is 51.0 Å². The van der Waals surface area contributed by atoms with Gasteiger partial charge in [0.15, 0.2) is 0 Å². The fraction of sp³-hybridized carbons (Fsp3) is 0.429. The van der Waals surface area contributed by atoms with Crippen LogP contribution in [-0.4, -0.2) is 23.3 Å². The maximum absolute atomic E-state index is 5.65. The van der Waals surface area contributed by atoms with E-state index in [9.17, 15) is 0 Å². The first kappa shape index (κ1) is 12.8. The Morgan fingerprint density at radius 3 is 2.94 bits per heavy atom. The summed E-state index contributed by atoms with van der Waals surface area (Å²) in [5.41, 5.74) is 2.18. The molecule has 0 unspecified atom stereocenters. The van der Waals surface area contributed by atoms with Gasteiger partial charge < -0.3 is 9.73 Å². The Morgan fingerprint density at radius 1 is 1.28 bits per heavy atom. The highest BCUT2D eigenvalue weighted by molar-refractivity contribution is 5.53. The second-order valence-corrected chi connectivity index (χ2v) is 4.33. The van der Waals surface area contributed by atoms with Gasteiger partial charge in [-0.3, -0.25) is 0 Å². The average molecular weight is 245 g/mol. The van der Waals surface area contributed by atoms with Crippen LogP contribution in [0.5, 0.6) is 0 Å². The number of aromatic nitrogens is 2. The molecule has 0 aliphatic rings. The summed E-state index contributed by atoms with van der Waals surface area (Å²) in [6.45, 7) is 6.14. The molecule has 18 heavy (non-hydrogen) atoms. The lowest BCUT2D eigenvalue weighted by Gasteiger charge is -1.98. The second-order valence-electron chi connectivity index (χ2n) is 4.33. The number of rotatable bonds is 6. The molecule has 0 spiro atoms. The first-order valence-corrected chi connectivity index (χ1v) is 6.39. The van der Waals surface area contributed by atoms with Gasteiger partial charge in [0.1, 0.15) is 0 Å². The standard InChI is InChI=1S/C14H19N3O/c1-3-15-9-5-8-13-16-17-14(18-13)12-7-4-6-11(2)10-12/h4,6-7,10,15H,3,5,8-9H2,1-2H3. The maximum atomic E-state index is 5.65. The van der Waals surface area contributed by atoms with Gasteiger partial charge >= 0.3 is 0 Å². The van der Waals surface area contributed by atoms with Gasteiger partial charge in [0.2, 0.25) is 11.8 Å². The van der Waals surface area contributed by atoms with Gasteiger partial charge in [0, 0.05) is 12.0 Å². The Balaban J connectivity index is 1.97. The van der Waals surface area contributed by atoms with Gasteiger partial charge in [-0.05, 0) is 38.6 Å². The molecule has 0 aliphatic carbocycles. The van der Waals surface area contributed by atoms with E-state index in [0.717, 1.165) is 31.5 Å². The van der Waals surface area contributed by atoms with Crippen LogP contribution in [0, 0.1) is 6.92 Å². The van der Waals surface area contributed by atoms with Gasteiger partial charge in [-0.15, -0.1) is 10.2 Å². The zero-order valence-electron chi connectivity index (χ0n) is 10.9. The third-order valence-electron chi connectivity index (χ3n) is 2.73. The molecule has 1 heterocycles. The van der Waals surface area contributed by atoms with Gasteiger partial charge in [0.25, 0.3) is 0 Å².